The molecule has 22 heavy (non-hydrogen) atoms. The van der Waals surface area contributed by atoms with Crippen LogP contribution in [0, 0.1) is 0 Å². The normalized spacial score (nSPS) is 17.1. The second-order valence-electron chi connectivity index (χ2n) is 4.32. The van der Waals surface area contributed by atoms with E-state index in [1.54, 1.807) is 5.38 Å². The molecule has 8 nitrogen and oxygen atoms in total. The van der Waals surface area contributed by atoms with Gasteiger partial charge in [0.05, 0.1) is 0 Å². The van der Waals surface area contributed by atoms with E-state index in [0.29, 0.717) is 18.0 Å². The molecule has 2 heterocycles. The molecule has 0 aliphatic carbocycles. The van der Waals surface area contributed by atoms with Crippen LogP contribution < -0.4 is 0 Å². The Morgan fingerprint density at radius 3 is 2.86 bits per heavy atom. The summed E-state index contributed by atoms with van der Waals surface area (Å²) >= 11 is 1.21. The van der Waals surface area contributed by atoms with Crippen molar-refractivity contribution in [2.45, 2.75) is 6.42 Å². The summed E-state index contributed by atoms with van der Waals surface area (Å²) in [7, 11) is -2.55. The van der Waals surface area contributed by atoms with Crippen LogP contribution in [0.1, 0.15) is 11.4 Å². The van der Waals surface area contributed by atoms with Crippen LogP contribution in [0.4, 0.5) is 0 Å². The van der Waals surface area contributed by atoms with E-state index in [9.17, 15) is 13.2 Å². The molecule has 1 aromatic heterocycles. The van der Waals surface area contributed by atoms with Crippen molar-refractivity contribution in [2.75, 3.05) is 26.9 Å². The first-order valence-corrected chi connectivity index (χ1v) is 8.64. The molecule has 0 bridgehead atoms. The van der Waals surface area contributed by atoms with Crippen molar-refractivity contribution < 1.29 is 23.1 Å². The highest BCUT2D eigenvalue weighted by Crippen LogP contribution is 2.23. The molecule has 0 saturated heterocycles. The van der Waals surface area contributed by atoms with Gasteiger partial charge in [-0.3, -0.25) is 4.79 Å². The van der Waals surface area contributed by atoms with Gasteiger partial charge in [-0.2, -0.15) is 8.42 Å². The van der Waals surface area contributed by atoms with E-state index < -0.39 is 22.6 Å². The number of methoxy groups -OCH3 is 1. The van der Waals surface area contributed by atoms with Crippen LogP contribution >= 0.6 is 11.3 Å². The molecular weight excluding hydrogens is 330 g/mol. The summed E-state index contributed by atoms with van der Waals surface area (Å²) in [4.78, 5) is 15.9. The minimum Gasteiger partial charge on any atom is -0.388 e. The molecule has 0 amide bonds. The predicted molar refractivity (Wildman–Crippen MR) is 80.9 cm³/mol. The van der Waals surface area contributed by atoms with Gasteiger partial charge < -0.3 is 9.84 Å². The van der Waals surface area contributed by atoms with Gasteiger partial charge in [0.25, 0.3) is 0 Å². The number of carbonyl (C=O) groups excluding carboxylic acids is 1. The van der Waals surface area contributed by atoms with E-state index in [2.05, 4.69) is 9.38 Å². The number of Topliss-reactive ketones (excluding diaryl/α,β-unsaturated/α-hetero) is 1. The van der Waals surface area contributed by atoms with Crippen molar-refractivity contribution in [2.24, 2.45) is 4.40 Å². The molecule has 0 radical (unpaired) electrons. The second-order valence-corrected chi connectivity index (χ2v) is 6.73. The van der Waals surface area contributed by atoms with E-state index >= 15 is 0 Å². The van der Waals surface area contributed by atoms with Crippen molar-refractivity contribution in [1.29, 1.82) is 0 Å². The highest BCUT2D eigenvalue weighted by Gasteiger charge is 2.32. The van der Waals surface area contributed by atoms with Gasteiger partial charge >= 0.3 is 10.2 Å². The number of rotatable bonds is 7. The van der Waals surface area contributed by atoms with E-state index in [1.165, 1.54) is 30.7 Å². The van der Waals surface area contributed by atoms with E-state index in [1.807, 2.05) is 0 Å². The fourth-order valence-electron chi connectivity index (χ4n) is 1.87. The average molecular weight is 345 g/mol. The Morgan fingerprint density at radius 2 is 2.27 bits per heavy atom. The zero-order valence-electron chi connectivity index (χ0n) is 11.8. The SMILES string of the molecule is COCCCN1C(C(=O)CO)=CC(c2nccs2)=NS1(=O)=O. The number of thiazole rings is 1. The number of ether oxygens (including phenoxy) is 1. The van der Waals surface area contributed by atoms with E-state index in [0.717, 1.165) is 4.31 Å². The Morgan fingerprint density at radius 1 is 1.50 bits per heavy atom. The molecule has 120 valence electrons. The third-order valence-electron chi connectivity index (χ3n) is 2.82. The summed E-state index contributed by atoms with van der Waals surface area (Å²) in [5.41, 5.74) is -0.0198. The smallest absolute Gasteiger partial charge is 0.345 e. The molecule has 0 aromatic carbocycles. The molecule has 0 saturated carbocycles. The Bertz CT molecular complexity index is 694. The van der Waals surface area contributed by atoms with Crippen LogP contribution in [-0.2, 0) is 19.7 Å². The standard InChI is InChI=1S/C12H15N3O5S2/c1-20-5-2-4-15-10(11(17)8-16)7-9(14-22(15,18)19)12-13-3-6-21-12/h3,6-7,16H,2,4-5,8H2,1H3. The fraction of sp³-hybridized carbons (Fsp3) is 0.417. The third kappa shape index (κ3) is 3.58. The van der Waals surface area contributed by atoms with Crippen molar-refractivity contribution in [3.63, 3.8) is 0 Å². The molecule has 0 spiro atoms. The lowest BCUT2D eigenvalue weighted by atomic mass is 10.2. The molecule has 0 fully saturated rings. The number of allylic oxidation sites excluding steroid dienone is 1. The molecule has 1 aliphatic rings. The van der Waals surface area contributed by atoms with Crippen LogP contribution in [0.2, 0.25) is 0 Å². The van der Waals surface area contributed by atoms with Gasteiger partial charge in [-0.15, -0.1) is 15.7 Å². The summed E-state index contributed by atoms with van der Waals surface area (Å²) in [6, 6.07) is 0. The minimum absolute atomic E-state index is 0.0440. The first-order valence-electron chi connectivity index (χ1n) is 6.37. The molecule has 1 aromatic rings. The maximum absolute atomic E-state index is 12.3. The first-order chi connectivity index (χ1) is 10.5. The summed E-state index contributed by atoms with van der Waals surface area (Å²) in [6.07, 6.45) is 3.25. The Hall–Kier alpha value is -1.62. The molecule has 1 N–H and O–H groups in total. The van der Waals surface area contributed by atoms with Crippen molar-refractivity contribution >= 4 is 33.0 Å². The van der Waals surface area contributed by atoms with Gasteiger partial charge in [-0.25, -0.2) is 9.29 Å². The van der Waals surface area contributed by atoms with Gasteiger partial charge in [0, 0.05) is 31.8 Å². The van der Waals surface area contributed by atoms with E-state index in [4.69, 9.17) is 9.84 Å². The predicted octanol–water partition coefficient (Wildman–Crippen LogP) is -0.0256. The Labute approximate surface area is 132 Å². The number of aliphatic hydroxyl groups excluding tert-OH is 1. The number of hydrogen-bond acceptors (Lipinski definition) is 7. The third-order valence-corrected chi connectivity index (χ3v) is 4.98. The number of carbonyl (C=O) groups is 1. The van der Waals surface area contributed by atoms with Crippen LogP contribution in [0.25, 0.3) is 0 Å². The molecule has 0 unspecified atom stereocenters. The largest absolute Gasteiger partial charge is 0.388 e. The highest BCUT2D eigenvalue weighted by atomic mass is 32.2. The highest BCUT2D eigenvalue weighted by molar-refractivity contribution is 7.88. The maximum Gasteiger partial charge on any atom is 0.345 e. The summed E-state index contributed by atoms with van der Waals surface area (Å²) in [5.74, 6) is -0.690. The van der Waals surface area contributed by atoms with E-state index in [-0.39, 0.29) is 18.0 Å². The maximum atomic E-state index is 12.3. The van der Waals surface area contributed by atoms with Gasteiger partial charge in [-0.05, 0) is 12.5 Å². The van der Waals surface area contributed by atoms with Crippen LogP contribution in [0.5, 0.6) is 0 Å². The lowest BCUT2D eigenvalue weighted by Crippen LogP contribution is -2.38. The quantitative estimate of drug-likeness (QED) is 0.695. The van der Waals surface area contributed by atoms with Crippen LogP contribution in [-0.4, -0.2) is 61.2 Å². The molecule has 0 atom stereocenters. The molecule has 1 aliphatic heterocycles. The molecule has 10 heteroatoms. The van der Waals surface area contributed by atoms with Gasteiger partial charge in [0.2, 0.25) is 5.78 Å². The topological polar surface area (TPSA) is 109 Å². The zero-order chi connectivity index (χ0) is 16.2. The first kappa shape index (κ1) is 16.7. The number of aliphatic hydroxyl groups is 1. The van der Waals surface area contributed by atoms with Crippen molar-refractivity contribution in [3.05, 3.63) is 28.4 Å². The fourth-order valence-corrected chi connectivity index (χ4v) is 3.77. The van der Waals surface area contributed by atoms with Crippen molar-refractivity contribution in [1.82, 2.24) is 9.29 Å². The number of aromatic nitrogens is 1. The monoisotopic (exact) mass is 345 g/mol. The Balaban J connectivity index is 2.40. The lowest BCUT2D eigenvalue weighted by molar-refractivity contribution is -0.119. The average Bonchev–Trinajstić information content (AvgIpc) is 3.01. The number of hydrogen-bond donors (Lipinski definition) is 1. The summed E-state index contributed by atoms with van der Waals surface area (Å²) in [6.45, 7) is -0.397. The summed E-state index contributed by atoms with van der Waals surface area (Å²) in [5, 5.41) is 11.1. The van der Waals surface area contributed by atoms with Crippen LogP contribution in [0.3, 0.4) is 0 Å². The second kappa shape index (κ2) is 7.09. The minimum atomic E-state index is -4.05. The van der Waals surface area contributed by atoms with Gasteiger partial charge in [-0.1, -0.05) is 0 Å². The van der Waals surface area contributed by atoms with Crippen LogP contribution in [0.15, 0.2) is 27.7 Å². The lowest BCUT2D eigenvalue weighted by Gasteiger charge is -2.26. The number of ketones is 1. The number of nitrogens with zero attached hydrogens (tertiary/aromatic N) is 3. The zero-order valence-corrected chi connectivity index (χ0v) is 13.4. The summed E-state index contributed by atoms with van der Waals surface area (Å²) < 4.78 is 34.1. The van der Waals surface area contributed by atoms with Crippen molar-refractivity contribution in [3.8, 4) is 0 Å². The van der Waals surface area contributed by atoms with Gasteiger partial charge in [0.15, 0.2) is 0 Å². The molecule has 2 rings (SSSR count). The van der Waals surface area contributed by atoms with Gasteiger partial charge in [0.1, 0.15) is 23.0 Å². The molecular formula is C12H15N3O5S2. The Kier molecular flexibility index (Phi) is 5.40.